The molecule has 0 amide bonds. The van der Waals surface area contributed by atoms with E-state index in [4.69, 9.17) is 0 Å². The van der Waals surface area contributed by atoms with Gasteiger partial charge < -0.3 is 5.32 Å². The summed E-state index contributed by atoms with van der Waals surface area (Å²) in [6.07, 6.45) is 8.25. The average molecular weight is 283 g/mol. The van der Waals surface area contributed by atoms with E-state index in [1.807, 2.05) is 6.92 Å². The second-order valence-corrected chi connectivity index (χ2v) is 5.33. The van der Waals surface area contributed by atoms with Gasteiger partial charge in [0.15, 0.2) is 0 Å². The highest BCUT2D eigenvalue weighted by Crippen LogP contribution is 2.23. The maximum absolute atomic E-state index is 13.8. The lowest BCUT2D eigenvalue weighted by Gasteiger charge is -2.19. The van der Waals surface area contributed by atoms with Crippen LogP contribution in [0.4, 0.5) is 8.78 Å². The van der Waals surface area contributed by atoms with Crippen molar-refractivity contribution in [3.63, 3.8) is 0 Å². The van der Waals surface area contributed by atoms with Gasteiger partial charge in [-0.15, -0.1) is 0 Å². The second-order valence-electron chi connectivity index (χ2n) is 5.33. The van der Waals surface area contributed by atoms with E-state index in [9.17, 15) is 8.78 Å². The van der Waals surface area contributed by atoms with Gasteiger partial charge in [0.1, 0.15) is 11.6 Å². The number of hydrogen-bond donors (Lipinski definition) is 1. The van der Waals surface area contributed by atoms with Crippen LogP contribution in [-0.2, 0) is 0 Å². The highest BCUT2D eigenvalue weighted by molar-refractivity contribution is 5.22. The number of hydrogen-bond acceptors (Lipinski definition) is 1. The second kappa shape index (κ2) is 9.87. The average Bonchev–Trinajstić information content (AvgIpc) is 2.42. The molecule has 0 aliphatic rings. The first-order valence-corrected chi connectivity index (χ1v) is 7.87. The third-order valence-electron chi connectivity index (χ3n) is 3.63. The molecular weight excluding hydrogens is 256 g/mol. The number of nitrogens with one attached hydrogen (secondary N) is 1. The molecule has 1 unspecified atom stereocenters. The lowest BCUT2D eigenvalue weighted by atomic mass is 9.99. The third-order valence-corrected chi connectivity index (χ3v) is 3.63. The zero-order chi connectivity index (χ0) is 14.8. The maximum atomic E-state index is 13.8. The molecule has 0 aromatic heterocycles. The maximum Gasteiger partial charge on any atom is 0.130 e. The van der Waals surface area contributed by atoms with Crippen molar-refractivity contribution >= 4 is 0 Å². The Morgan fingerprint density at radius 2 is 1.70 bits per heavy atom. The summed E-state index contributed by atoms with van der Waals surface area (Å²) in [5.74, 6) is -0.956. The fourth-order valence-electron chi connectivity index (χ4n) is 2.53. The Kier molecular flexibility index (Phi) is 8.43. The summed E-state index contributed by atoms with van der Waals surface area (Å²) >= 11 is 0. The summed E-state index contributed by atoms with van der Waals surface area (Å²) in [6.45, 7) is 5.01. The summed E-state index contributed by atoms with van der Waals surface area (Å²) < 4.78 is 26.8. The van der Waals surface area contributed by atoms with Crippen LogP contribution >= 0.6 is 0 Å². The number of benzene rings is 1. The van der Waals surface area contributed by atoms with Gasteiger partial charge in [-0.05, 0) is 19.0 Å². The smallest absolute Gasteiger partial charge is 0.130 e. The summed E-state index contributed by atoms with van der Waals surface area (Å²) in [7, 11) is 0. The molecule has 20 heavy (non-hydrogen) atoms. The Hall–Kier alpha value is -0.960. The minimum atomic E-state index is -0.513. The predicted molar refractivity (Wildman–Crippen MR) is 80.8 cm³/mol. The van der Waals surface area contributed by atoms with Gasteiger partial charge in [-0.25, -0.2) is 8.78 Å². The van der Waals surface area contributed by atoms with Crippen LogP contribution in [0, 0.1) is 11.6 Å². The van der Waals surface area contributed by atoms with Crippen molar-refractivity contribution in [3.05, 3.63) is 35.4 Å². The van der Waals surface area contributed by atoms with Crippen molar-refractivity contribution in [1.29, 1.82) is 0 Å². The molecule has 114 valence electrons. The Morgan fingerprint density at radius 3 is 2.35 bits per heavy atom. The monoisotopic (exact) mass is 283 g/mol. The van der Waals surface area contributed by atoms with Gasteiger partial charge in [0.2, 0.25) is 0 Å². The van der Waals surface area contributed by atoms with Crippen LogP contribution in [0.1, 0.15) is 70.4 Å². The minimum Gasteiger partial charge on any atom is -0.310 e. The quantitative estimate of drug-likeness (QED) is 0.569. The molecule has 0 aliphatic carbocycles. The van der Waals surface area contributed by atoms with Crippen LogP contribution in [-0.4, -0.2) is 6.54 Å². The zero-order valence-electron chi connectivity index (χ0n) is 12.7. The summed E-state index contributed by atoms with van der Waals surface area (Å²) in [5, 5.41) is 3.30. The molecule has 3 heteroatoms. The molecule has 0 saturated heterocycles. The Labute approximate surface area is 121 Å². The van der Waals surface area contributed by atoms with Gasteiger partial charge in [0.05, 0.1) is 0 Å². The fraction of sp³-hybridized carbons (Fsp3) is 0.647. The Bertz CT molecular complexity index is 379. The molecule has 0 bridgehead atoms. The fourth-order valence-corrected chi connectivity index (χ4v) is 2.53. The number of rotatable bonds is 10. The zero-order valence-corrected chi connectivity index (χ0v) is 12.7. The highest BCUT2D eigenvalue weighted by atomic mass is 19.1. The molecule has 0 aliphatic heterocycles. The van der Waals surface area contributed by atoms with Crippen LogP contribution in [0.3, 0.4) is 0 Å². The van der Waals surface area contributed by atoms with E-state index in [-0.39, 0.29) is 6.04 Å². The van der Waals surface area contributed by atoms with Crippen LogP contribution in [0.25, 0.3) is 0 Å². The van der Waals surface area contributed by atoms with Gasteiger partial charge in [-0.3, -0.25) is 0 Å². The van der Waals surface area contributed by atoms with E-state index in [1.54, 1.807) is 6.07 Å². The molecule has 1 atom stereocenters. The van der Waals surface area contributed by atoms with Crippen molar-refractivity contribution in [1.82, 2.24) is 5.32 Å². The van der Waals surface area contributed by atoms with Gasteiger partial charge >= 0.3 is 0 Å². The summed E-state index contributed by atoms with van der Waals surface area (Å²) in [5.41, 5.74) is 0.585. The predicted octanol–water partition coefficient (Wildman–Crippen LogP) is 5.37. The van der Waals surface area contributed by atoms with Crippen molar-refractivity contribution in [3.8, 4) is 0 Å². The van der Waals surface area contributed by atoms with Crippen molar-refractivity contribution in [2.75, 3.05) is 6.54 Å². The molecule has 0 saturated carbocycles. The van der Waals surface area contributed by atoms with E-state index in [0.717, 1.165) is 25.5 Å². The third kappa shape index (κ3) is 6.00. The normalized spacial score (nSPS) is 12.6. The summed E-state index contributed by atoms with van der Waals surface area (Å²) in [4.78, 5) is 0. The largest absolute Gasteiger partial charge is 0.310 e. The summed E-state index contributed by atoms with van der Waals surface area (Å²) in [6, 6.07) is 3.87. The Balaban J connectivity index is 2.47. The first kappa shape index (κ1) is 17.1. The lowest BCUT2D eigenvalue weighted by Crippen LogP contribution is -2.22. The van der Waals surface area contributed by atoms with Crippen LogP contribution < -0.4 is 5.32 Å². The van der Waals surface area contributed by atoms with E-state index < -0.39 is 11.6 Å². The molecule has 1 aromatic carbocycles. The molecule has 1 rings (SSSR count). The van der Waals surface area contributed by atoms with Crippen molar-refractivity contribution in [2.45, 2.75) is 64.8 Å². The molecular formula is C17H27F2N. The van der Waals surface area contributed by atoms with Crippen LogP contribution in [0.5, 0.6) is 0 Å². The Morgan fingerprint density at radius 1 is 1.00 bits per heavy atom. The SMILES string of the molecule is CCCCCCCCC(NCC)c1ccc(F)cc1F. The first-order valence-electron chi connectivity index (χ1n) is 7.87. The van der Waals surface area contributed by atoms with Gasteiger partial charge in [0, 0.05) is 17.7 Å². The van der Waals surface area contributed by atoms with Crippen molar-refractivity contribution < 1.29 is 8.78 Å². The van der Waals surface area contributed by atoms with Crippen molar-refractivity contribution in [2.24, 2.45) is 0 Å². The highest BCUT2D eigenvalue weighted by Gasteiger charge is 2.14. The van der Waals surface area contributed by atoms with Gasteiger partial charge in [-0.2, -0.15) is 0 Å². The molecule has 0 radical (unpaired) electrons. The molecule has 0 spiro atoms. The number of halogens is 2. The van der Waals surface area contributed by atoms with E-state index in [0.29, 0.717) is 5.56 Å². The van der Waals surface area contributed by atoms with E-state index >= 15 is 0 Å². The minimum absolute atomic E-state index is 0.00762. The van der Waals surface area contributed by atoms with E-state index in [1.165, 1.54) is 38.2 Å². The molecule has 1 N–H and O–H groups in total. The van der Waals surface area contributed by atoms with E-state index in [2.05, 4.69) is 12.2 Å². The molecule has 1 nitrogen and oxygen atoms in total. The molecule has 0 fully saturated rings. The van der Waals surface area contributed by atoms with Gasteiger partial charge in [-0.1, -0.05) is 58.4 Å². The number of unbranched alkanes of at least 4 members (excludes halogenated alkanes) is 5. The van der Waals surface area contributed by atoms with Crippen LogP contribution in [0.15, 0.2) is 18.2 Å². The first-order chi connectivity index (χ1) is 9.69. The molecule has 0 heterocycles. The topological polar surface area (TPSA) is 12.0 Å². The standard InChI is InChI=1S/C17H27F2N/c1-3-5-6-7-8-9-10-17(20-4-2)15-12-11-14(18)13-16(15)19/h11-13,17,20H,3-10H2,1-2H3. The molecule has 1 aromatic rings. The van der Waals surface area contributed by atoms with Gasteiger partial charge in [0.25, 0.3) is 0 Å². The van der Waals surface area contributed by atoms with Crippen LogP contribution in [0.2, 0.25) is 0 Å². The lowest BCUT2D eigenvalue weighted by molar-refractivity contribution is 0.455.